The van der Waals surface area contributed by atoms with Gasteiger partial charge in [-0.05, 0) is 55.8 Å². The molecule has 0 radical (unpaired) electrons. The average Bonchev–Trinajstić information content (AvgIpc) is 3.16. The molecule has 0 fully saturated rings. The van der Waals surface area contributed by atoms with Gasteiger partial charge in [0.2, 0.25) is 0 Å². The SMILES string of the molecule is COc1ccc(-c2nc(C)c3c(C)c(C(=O)Nc4ccc(OC)cc4OC)sc3n2)cc1. The van der Waals surface area contributed by atoms with Crippen molar-refractivity contribution in [2.24, 2.45) is 0 Å². The van der Waals surface area contributed by atoms with E-state index in [-0.39, 0.29) is 5.91 Å². The van der Waals surface area contributed by atoms with Crippen LogP contribution in [0.2, 0.25) is 0 Å². The fourth-order valence-corrected chi connectivity index (χ4v) is 4.63. The monoisotopic (exact) mass is 449 g/mol. The molecule has 2 aromatic heterocycles. The maximum Gasteiger partial charge on any atom is 0.266 e. The Kier molecular flexibility index (Phi) is 5.96. The number of carbonyl (C=O) groups is 1. The predicted octanol–water partition coefficient (Wildman–Crippen LogP) is 5.25. The maximum absolute atomic E-state index is 13.1. The molecule has 0 bridgehead atoms. The summed E-state index contributed by atoms with van der Waals surface area (Å²) in [5.74, 6) is 2.33. The largest absolute Gasteiger partial charge is 0.497 e. The fraction of sp³-hybridized carbons (Fsp3) is 0.208. The number of carbonyl (C=O) groups excluding carboxylic acids is 1. The van der Waals surface area contributed by atoms with Crippen LogP contribution in [0.15, 0.2) is 42.5 Å². The molecule has 0 spiro atoms. The number of amides is 1. The predicted molar refractivity (Wildman–Crippen MR) is 126 cm³/mol. The van der Waals surface area contributed by atoms with Gasteiger partial charge in [-0.15, -0.1) is 11.3 Å². The summed E-state index contributed by atoms with van der Waals surface area (Å²) in [4.78, 5) is 23.9. The molecule has 0 aliphatic carbocycles. The molecule has 7 nitrogen and oxygen atoms in total. The van der Waals surface area contributed by atoms with Crippen LogP contribution in [-0.2, 0) is 0 Å². The van der Waals surface area contributed by atoms with E-state index in [0.29, 0.717) is 27.9 Å². The van der Waals surface area contributed by atoms with Gasteiger partial charge in [0.25, 0.3) is 5.91 Å². The first kappa shape index (κ1) is 21.6. The molecule has 0 saturated carbocycles. The minimum atomic E-state index is -0.223. The molecule has 0 saturated heterocycles. The molecule has 0 aliphatic rings. The number of aromatic nitrogens is 2. The first-order valence-corrected chi connectivity index (χ1v) is 10.7. The lowest BCUT2D eigenvalue weighted by molar-refractivity contribution is 0.102. The zero-order chi connectivity index (χ0) is 22.8. The number of fused-ring (bicyclic) bond motifs is 1. The number of rotatable bonds is 6. The molecule has 8 heteroatoms. The first-order valence-electron chi connectivity index (χ1n) is 9.90. The Balaban J connectivity index is 1.70. The van der Waals surface area contributed by atoms with Crippen LogP contribution in [0.4, 0.5) is 5.69 Å². The van der Waals surface area contributed by atoms with Crippen molar-refractivity contribution < 1.29 is 19.0 Å². The van der Waals surface area contributed by atoms with E-state index >= 15 is 0 Å². The van der Waals surface area contributed by atoms with Gasteiger partial charge >= 0.3 is 0 Å². The zero-order valence-corrected chi connectivity index (χ0v) is 19.3. The minimum absolute atomic E-state index is 0.223. The number of nitrogens with zero attached hydrogens (tertiary/aromatic N) is 2. The van der Waals surface area contributed by atoms with Crippen LogP contribution in [0.3, 0.4) is 0 Å². The van der Waals surface area contributed by atoms with E-state index in [1.807, 2.05) is 38.1 Å². The summed E-state index contributed by atoms with van der Waals surface area (Å²) in [5.41, 5.74) is 3.14. The second-order valence-electron chi connectivity index (χ2n) is 7.12. The molecule has 1 amide bonds. The van der Waals surface area contributed by atoms with Gasteiger partial charge in [-0.2, -0.15) is 0 Å². The van der Waals surface area contributed by atoms with E-state index < -0.39 is 0 Å². The van der Waals surface area contributed by atoms with E-state index in [4.69, 9.17) is 19.2 Å². The highest BCUT2D eigenvalue weighted by Gasteiger charge is 2.21. The molecule has 4 rings (SSSR count). The van der Waals surface area contributed by atoms with Gasteiger partial charge in [-0.25, -0.2) is 9.97 Å². The number of aryl methyl sites for hydroxylation is 2. The van der Waals surface area contributed by atoms with Crippen LogP contribution in [0.1, 0.15) is 20.9 Å². The van der Waals surface area contributed by atoms with Crippen molar-refractivity contribution in [1.82, 2.24) is 9.97 Å². The number of thiophene rings is 1. The Hall–Kier alpha value is -3.65. The molecule has 0 unspecified atom stereocenters. The third-order valence-electron chi connectivity index (χ3n) is 5.18. The molecule has 1 N–H and O–H groups in total. The summed E-state index contributed by atoms with van der Waals surface area (Å²) >= 11 is 1.35. The number of ether oxygens (including phenoxy) is 3. The Morgan fingerprint density at radius 2 is 1.59 bits per heavy atom. The summed E-state index contributed by atoms with van der Waals surface area (Å²) < 4.78 is 15.8. The summed E-state index contributed by atoms with van der Waals surface area (Å²) in [5, 5.41) is 3.84. The molecule has 0 atom stereocenters. The van der Waals surface area contributed by atoms with Crippen molar-refractivity contribution in [3.8, 4) is 28.6 Å². The van der Waals surface area contributed by atoms with Crippen molar-refractivity contribution in [2.45, 2.75) is 13.8 Å². The summed E-state index contributed by atoms with van der Waals surface area (Å²) in [7, 11) is 4.76. The second kappa shape index (κ2) is 8.84. The van der Waals surface area contributed by atoms with Crippen LogP contribution in [0.25, 0.3) is 21.6 Å². The van der Waals surface area contributed by atoms with Crippen LogP contribution < -0.4 is 19.5 Å². The average molecular weight is 450 g/mol. The molecule has 2 heterocycles. The number of benzene rings is 2. The molecular weight excluding hydrogens is 426 g/mol. The molecule has 164 valence electrons. The zero-order valence-electron chi connectivity index (χ0n) is 18.5. The minimum Gasteiger partial charge on any atom is -0.497 e. The van der Waals surface area contributed by atoms with E-state index in [1.54, 1.807) is 39.5 Å². The highest BCUT2D eigenvalue weighted by molar-refractivity contribution is 7.20. The quantitative estimate of drug-likeness (QED) is 0.433. The van der Waals surface area contributed by atoms with Crippen molar-refractivity contribution in [1.29, 1.82) is 0 Å². The Bertz CT molecular complexity index is 1300. The first-order chi connectivity index (χ1) is 15.4. The Morgan fingerprint density at radius 3 is 2.25 bits per heavy atom. The standard InChI is InChI=1S/C24H23N3O4S/c1-13-20-14(2)25-22(15-6-8-16(29-3)9-7-15)27-24(20)32-21(13)23(28)26-18-11-10-17(30-4)12-19(18)31-5/h6-12H,1-5H3,(H,26,28). The number of hydrogen-bond donors (Lipinski definition) is 1. The van der Waals surface area contributed by atoms with Crippen LogP contribution in [0.5, 0.6) is 17.2 Å². The van der Waals surface area contributed by atoms with Gasteiger partial charge in [0.1, 0.15) is 22.1 Å². The summed E-state index contributed by atoms with van der Waals surface area (Å²) in [6.45, 7) is 3.85. The smallest absolute Gasteiger partial charge is 0.266 e. The number of methoxy groups -OCH3 is 3. The third kappa shape index (κ3) is 3.97. The van der Waals surface area contributed by atoms with Gasteiger partial charge in [-0.3, -0.25) is 4.79 Å². The lowest BCUT2D eigenvalue weighted by Crippen LogP contribution is -2.12. The molecule has 4 aromatic rings. The number of hydrogen-bond acceptors (Lipinski definition) is 7. The topological polar surface area (TPSA) is 82.6 Å². The molecule has 2 aromatic carbocycles. The lowest BCUT2D eigenvalue weighted by atomic mass is 10.1. The van der Waals surface area contributed by atoms with Crippen LogP contribution in [-0.4, -0.2) is 37.2 Å². The van der Waals surface area contributed by atoms with Crippen LogP contribution >= 0.6 is 11.3 Å². The van der Waals surface area contributed by atoms with Crippen molar-refractivity contribution in [3.63, 3.8) is 0 Å². The van der Waals surface area contributed by atoms with Crippen molar-refractivity contribution in [2.75, 3.05) is 26.6 Å². The van der Waals surface area contributed by atoms with E-state index in [0.717, 1.165) is 32.8 Å². The van der Waals surface area contributed by atoms with Crippen molar-refractivity contribution >= 4 is 33.1 Å². The summed E-state index contributed by atoms with van der Waals surface area (Å²) in [6.07, 6.45) is 0. The molecular formula is C24H23N3O4S. The third-order valence-corrected chi connectivity index (χ3v) is 6.37. The number of anilines is 1. The van der Waals surface area contributed by atoms with Gasteiger partial charge in [-0.1, -0.05) is 0 Å². The fourth-order valence-electron chi connectivity index (χ4n) is 3.51. The van der Waals surface area contributed by atoms with Gasteiger partial charge in [0, 0.05) is 17.0 Å². The van der Waals surface area contributed by atoms with Gasteiger partial charge in [0.05, 0.1) is 37.6 Å². The van der Waals surface area contributed by atoms with E-state index in [2.05, 4.69) is 10.3 Å². The Morgan fingerprint density at radius 1 is 0.906 bits per heavy atom. The normalized spacial score (nSPS) is 10.8. The van der Waals surface area contributed by atoms with E-state index in [9.17, 15) is 4.79 Å². The molecule has 0 aliphatic heterocycles. The highest BCUT2D eigenvalue weighted by atomic mass is 32.1. The van der Waals surface area contributed by atoms with E-state index in [1.165, 1.54) is 11.3 Å². The Labute approximate surface area is 190 Å². The maximum atomic E-state index is 13.1. The highest BCUT2D eigenvalue weighted by Crippen LogP contribution is 2.35. The summed E-state index contributed by atoms with van der Waals surface area (Å²) in [6, 6.07) is 12.8. The molecule has 32 heavy (non-hydrogen) atoms. The number of nitrogens with one attached hydrogen (secondary N) is 1. The van der Waals surface area contributed by atoms with Crippen LogP contribution in [0, 0.1) is 13.8 Å². The van der Waals surface area contributed by atoms with Gasteiger partial charge < -0.3 is 19.5 Å². The van der Waals surface area contributed by atoms with Gasteiger partial charge in [0.15, 0.2) is 5.82 Å². The second-order valence-corrected chi connectivity index (χ2v) is 8.12. The lowest BCUT2D eigenvalue weighted by Gasteiger charge is -2.11. The van der Waals surface area contributed by atoms with Crippen molar-refractivity contribution in [3.05, 3.63) is 58.6 Å².